The van der Waals surface area contributed by atoms with Crippen molar-refractivity contribution in [2.75, 3.05) is 0 Å². The first-order valence-electron chi connectivity index (χ1n) is 6.35. The van der Waals surface area contributed by atoms with E-state index in [0.717, 1.165) is 0 Å². The molecular formula is C16H13NO5. The first-order chi connectivity index (χ1) is 10.4. The van der Waals surface area contributed by atoms with E-state index in [0.29, 0.717) is 11.1 Å². The number of benzene rings is 2. The van der Waals surface area contributed by atoms with Crippen LogP contribution >= 0.6 is 0 Å². The van der Waals surface area contributed by atoms with Crippen LogP contribution in [-0.4, -0.2) is 23.0 Å². The molecule has 0 saturated carbocycles. The van der Waals surface area contributed by atoms with E-state index < -0.39 is 17.8 Å². The molecule has 0 spiro atoms. The molecule has 0 radical (unpaired) electrons. The van der Waals surface area contributed by atoms with Gasteiger partial charge in [-0.2, -0.15) is 0 Å². The Hall–Kier alpha value is -3.15. The summed E-state index contributed by atoms with van der Waals surface area (Å²) >= 11 is 0. The highest BCUT2D eigenvalue weighted by Gasteiger charge is 2.20. The van der Waals surface area contributed by atoms with Crippen molar-refractivity contribution in [3.05, 3.63) is 53.6 Å². The van der Waals surface area contributed by atoms with E-state index in [1.54, 1.807) is 24.3 Å². The number of ether oxygens (including phenoxy) is 1. The van der Waals surface area contributed by atoms with Crippen molar-refractivity contribution < 1.29 is 24.2 Å². The molecule has 0 heterocycles. The van der Waals surface area contributed by atoms with Crippen molar-refractivity contribution in [2.24, 2.45) is 5.73 Å². The number of esters is 1. The second-order valence-electron chi connectivity index (χ2n) is 4.49. The fraction of sp³-hybridized carbons (Fsp3) is 0.0625. The van der Waals surface area contributed by atoms with E-state index in [1.165, 1.54) is 25.1 Å². The van der Waals surface area contributed by atoms with Crippen LogP contribution in [0.2, 0.25) is 0 Å². The number of aromatic carboxylic acids is 1. The highest BCUT2D eigenvalue weighted by molar-refractivity contribution is 6.02. The normalized spacial score (nSPS) is 10.0. The zero-order valence-electron chi connectivity index (χ0n) is 11.7. The molecule has 2 aromatic rings. The number of carbonyl (C=O) groups excluding carboxylic acids is 2. The molecule has 3 N–H and O–H groups in total. The Morgan fingerprint density at radius 2 is 1.55 bits per heavy atom. The first-order valence-corrected chi connectivity index (χ1v) is 6.35. The Labute approximate surface area is 126 Å². The number of carboxylic acid groups (broad SMARTS) is 1. The highest BCUT2D eigenvalue weighted by atomic mass is 16.5. The van der Waals surface area contributed by atoms with E-state index in [-0.39, 0.29) is 16.9 Å². The number of hydrogen-bond donors (Lipinski definition) is 2. The molecule has 0 aliphatic rings. The number of hydrogen-bond acceptors (Lipinski definition) is 4. The van der Waals surface area contributed by atoms with Crippen LogP contribution in [0, 0.1) is 0 Å². The van der Waals surface area contributed by atoms with Gasteiger partial charge in [0, 0.05) is 18.1 Å². The quantitative estimate of drug-likeness (QED) is 0.664. The van der Waals surface area contributed by atoms with Crippen molar-refractivity contribution in [2.45, 2.75) is 6.92 Å². The Bertz CT molecular complexity index is 767. The Kier molecular flexibility index (Phi) is 4.22. The van der Waals surface area contributed by atoms with Crippen LogP contribution < -0.4 is 10.5 Å². The van der Waals surface area contributed by atoms with Crippen LogP contribution in [0.1, 0.15) is 27.6 Å². The highest BCUT2D eigenvalue weighted by Crippen LogP contribution is 2.35. The molecule has 6 nitrogen and oxygen atoms in total. The van der Waals surface area contributed by atoms with Gasteiger partial charge in [0.05, 0.1) is 0 Å². The van der Waals surface area contributed by atoms with Crippen molar-refractivity contribution in [1.29, 1.82) is 0 Å². The van der Waals surface area contributed by atoms with Gasteiger partial charge in [-0.15, -0.1) is 0 Å². The smallest absolute Gasteiger partial charge is 0.339 e. The third-order valence-electron chi connectivity index (χ3n) is 2.97. The molecule has 112 valence electrons. The van der Waals surface area contributed by atoms with Gasteiger partial charge in [0.25, 0.3) is 0 Å². The zero-order chi connectivity index (χ0) is 16.3. The molecule has 0 atom stereocenters. The fourth-order valence-electron chi connectivity index (χ4n) is 2.10. The number of carbonyl (C=O) groups is 3. The maximum absolute atomic E-state index is 11.5. The van der Waals surface area contributed by atoms with Crippen molar-refractivity contribution in [3.8, 4) is 16.9 Å². The van der Waals surface area contributed by atoms with E-state index in [4.69, 9.17) is 10.5 Å². The summed E-state index contributed by atoms with van der Waals surface area (Å²) in [4.78, 5) is 34.2. The van der Waals surface area contributed by atoms with Gasteiger partial charge in [-0.05, 0) is 17.7 Å². The molecule has 2 aromatic carbocycles. The molecule has 0 bridgehead atoms. The van der Waals surface area contributed by atoms with Crippen LogP contribution in [0.4, 0.5) is 0 Å². The molecule has 0 aliphatic heterocycles. The lowest BCUT2D eigenvalue weighted by Gasteiger charge is -2.14. The number of nitrogens with two attached hydrogens (primary N) is 1. The lowest BCUT2D eigenvalue weighted by Crippen LogP contribution is -2.13. The monoisotopic (exact) mass is 299 g/mol. The number of rotatable bonds is 4. The number of amides is 1. The van der Waals surface area contributed by atoms with Crippen molar-refractivity contribution in [3.63, 3.8) is 0 Å². The van der Waals surface area contributed by atoms with Gasteiger partial charge in [0.1, 0.15) is 5.56 Å². The van der Waals surface area contributed by atoms with Gasteiger partial charge in [0.15, 0.2) is 5.75 Å². The fourth-order valence-corrected chi connectivity index (χ4v) is 2.10. The predicted molar refractivity (Wildman–Crippen MR) is 78.7 cm³/mol. The largest absolute Gasteiger partial charge is 0.478 e. The second kappa shape index (κ2) is 6.09. The summed E-state index contributed by atoms with van der Waals surface area (Å²) in [7, 11) is 0. The van der Waals surface area contributed by atoms with E-state index >= 15 is 0 Å². The minimum atomic E-state index is -1.24. The Morgan fingerprint density at radius 3 is 2.14 bits per heavy atom. The van der Waals surface area contributed by atoms with Gasteiger partial charge in [-0.3, -0.25) is 9.59 Å². The van der Waals surface area contributed by atoms with Gasteiger partial charge >= 0.3 is 11.9 Å². The maximum atomic E-state index is 11.5. The minimum Gasteiger partial charge on any atom is -0.478 e. The van der Waals surface area contributed by atoms with Crippen LogP contribution in [0.15, 0.2) is 42.5 Å². The average molecular weight is 299 g/mol. The van der Waals surface area contributed by atoms with Crippen LogP contribution in [0.3, 0.4) is 0 Å². The number of carboxylic acids is 1. The predicted octanol–water partition coefficient (Wildman–Crippen LogP) is 2.08. The third kappa shape index (κ3) is 2.95. The zero-order valence-corrected chi connectivity index (χ0v) is 11.7. The van der Waals surface area contributed by atoms with Crippen molar-refractivity contribution in [1.82, 2.24) is 0 Å². The summed E-state index contributed by atoms with van der Waals surface area (Å²) in [5, 5.41) is 9.25. The lowest BCUT2D eigenvalue weighted by atomic mass is 9.96. The molecular weight excluding hydrogens is 286 g/mol. The average Bonchev–Trinajstić information content (AvgIpc) is 2.46. The molecule has 0 aliphatic carbocycles. The van der Waals surface area contributed by atoms with Crippen LogP contribution in [-0.2, 0) is 4.79 Å². The summed E-state index contributed by atoms with van der Waals surface area (Å²) in [6.45, 7) is 1.17. The minimum absolute atomic E-state index is 0.115. The molecule has 2 rings (SSSR count). The summed E-state index contributed by atoms with van der Waals surface area (Å²) in [6.07, 6.45) is 0. The summed E-state index contributed by atoms with van der Waals surface area (Å²) in [6, 6.07) is 10.8. The van der Waals surface area contributed by atoms with Crippen LogP contribution in [0.5, 0.6) is 5.75 Å². The summed E-state index contributed by atoms with van der Waals surface area (Å²) in [5.74, 6) is -2.68. The molecule has 0 saturated heterocycles. The molecule has 22 heavy (non-hydrogen) atoms. The number of para-hydroxylation sites is 1. The number of primary amides is 1. The second-order valence-corrected chi connectivity index (χ2v) is 4.49. The Balaban J connectivity index is 2.75. The molecule has 1 amide bonds. The standard InChI is InChI=1S/C16H13NO5/c1-9(18)22-14-11(7-4-8-13(14)16(20)21)10-5-2-3-6-12(10)15(17)19/h2-8H,1H3,(H2,17,19)(H,20,21). The lowest BCUT2D eigenvalue weighted by molar-refractivity contribution is -0.131. The van der Waals surface area contributed by atoms with Gasteiger partial charge in [-0.25, -0.2) is 4.79 Å². The third-order valence-corrected chi connectivity index (χ3v) is 2.97. The van der Waals surface area contributed by atoms with Crippen LogP contribution in [0.25, 0.3) is 11.1 Å². The van der Waals surface area contributed by atoms with Gasteiger partial charge in [-0.1, -0.05) is 30.3 Å². The van der Waals surface area contributed by atoms with E-state index in [2.05, 4.69) is 0 Å². The maximum Gasteiger partial charge on any atom is 0.339 e. The van der Waals surface area contributed by atoms with E-state index in [1.807, 2.05) is 0 Å². The molecule has 0 fully saturated rings. The molecule has 6 heteroatoms. The first kappa shape index (κ1) is 15.2. The molecule has 0 aromatic heterocycles. The SMILES string of the molecule is CC(=O)Oc1c(C(=O)O)cccc1-c1ccccc1C(N)=O. The van der Waals surface area contributed by atoms with Gasteiger partial charge in [0.2, 0.25) is 5.91 Å². The summed E-state index contributed by atoms with van der Waals surface area (Å²) < 4.78 is 5.06. The Morgan fingerprint density at radius 1 is 0.955 bits per heavy atom. The van der Waals surface area contributed by atoms with Gasteiger partial charge < -0.3 is 15.6 Å². The topological polar surface area (TPSA) is 107 Å². The summed E-state index contributed by atoms with van der Waals surface area (Å²) in [5.41, 5.74) is 6.08. The molecule has 0 unspecified atom stereocenters. The van der Waals surface area contributed by atoms with Crippen molar-refractivity contribution >= 4 is 17.8 Å². The van der Waals surface area contributed by atoms with E-state index in [9.17, 15) is 19.5 Å².